The van der Waals surface area contributed by atoms with Crippen molar-refractivity contribution in [2.45, 2.75) is 51.3 Å². The summed E-state index contributed by atoms with van der Waals surface area (Å²) in [6, 6.07) is 19.4. The van der Waals surface area contributed by atoms with Crippen LogP contribution in [0.1, 0.15) is 68.0 Å². The molecule has 0 N–H and O–H groups in total. The van der Waals surface area contributed by atoms with Crippen molar-refractivity contribution in [3.63, 3.8) is 0 Å². The molecular weight excluding hydrogens is 503 g/mol. The molecule has 0 amide bonds. The molecule has 2 atom stereocenters. The Kier molecular flexibility index (Phi) is 7.43. The van der Waals surface area contributed by atoms with Gasteiger partial charge in [0.05, 0.1) is 23.4 Å². The normalized spacial score (nSPS) is 18.5. The number of unbranched alkanes of at least 4 members (excludes halogenated alkanes) is 3. The monoisotopic (exact) mass is 528 g/mol. The maximum absolute atomic E-state index is 6.58. The number of ether oxygens (including phenoxy) is 2. The Labute approximate surface area is 221 Å². The van der Waals surface area contributed by atoms with Crippen LogP contribution in [-0.2, 0) is 0 Å². The second-order valence-corrected chi connectivity index (χ2v) is 10.2. The van der Waals surface area contributed by atoms with Crippen molar-refractivity contribution in [1.29, 1.82) is 0 Å². The van der Waals surface area contributed by atoms with Gasteiger partial charge in [-0.1, -0.05) is 73.1 Å². The second kappa shape index (κ2) is 10.7. The fraction of sp³-hybridized carbons (Fsp3) is 0.321. The number of fused-ring (bicyclic) bond motifs is 3. The van der Waals surface area contributed by atoms with Gasteiger partial charge in [0.15, 0.2) is 0 Å². The molecular formula is C28H27Cl3N2O2. The molecule has 0 aromatic heterocycles. The smallest absolute Gasteiger partial charge is 0.213 e. The maximum atomic E-state index is 6.58. The highest BCUT2D eigenvalue weighted by Crippen LogP contribution is 2.50. The first-order valence-electron chi connectivity index (χ1n) is 12.0. The van der Waals surface area contributed by atoms with Gasteiger partial charge in [0.2, 0.25) is 6.23 Å². The molecule has 2 aliphatic rings. The highest BCUT2D eigenvalue weighted by atomic mass is 35.5. The number of nitrogens with zero attached hydrogens (tertiary/aromatic N) is 2. The van der Waals surface area contributed by atoms with E-state index in [0.29, 0.717) is 27.2 Å². The fourth-order valence-corrected chi connectivity index (χ4v) is 5.28. The number of rotatable bonds is 8. The van der Waals surface area contributed by atoms with Crippen LogP contribution < -0.4 is 9.47 Å². The summed E-state index contributed by atoms with van der Waals surface area (Å²) < 4.78 is 12.4. The third kappa shape index (κ3) is 5.25. The van der Waals surface area contributed by atoms with Crippen LogP contribution >= 0.6 is 34.8 Å². The summed E-state index contributed by atoms with van der Waals surface area (Å²) in [6.07, 6.45) is 5.01. The number of benzene rings is 3. The summed E-state index contributed by atoms with van der Waals surface area (Å²) in [5.74, 6) is 1.51. The molecule has 0 fully saturated rings. The van der Waals surface area contributed by atoms with Gasteiger partial charge >= 0.3 is 0 Å². The molecule has 0 saturated heterocycles. The van der Waals surface area contributed by atoms with Gasteiger partial charge in [-0.3, -0.25) is 0 Å². The number of hydrogen-bond donors (Lipinski definition) is 0. The second-order valence-electron chi connectivity index (χ2n) is 8.91. The summed E-state index contributed by atoms with van der Waals surface area (Å²) in [5.41, 5.74) is 3.92. The van der Waals surface area contributed by atoms with Crippen LogP contribution in [-0.4, -0.2) is 17.3 Å². The van der Waals surface area contributed by atoms with E-state index in [1.807, 2.05) is 59.6 Å². The Morgan fingerprint density at radius 1 is 0.943 bits per heavy atom. The molecule has 0 unspecified atom stereocenters. The zero-order chi connectivity index (χ0) is 24.4. The Bertz CT molecular complexity index is 1210. The van der Waals surface area contributed by atoms with Gasteiger partial charge in [0.1, 0.15) is 11.5 Å². The third-order valence-corrected chi connectivity index (χ3v) is 7.17. The summed E-state index contributed by atoms with van der Waals surface area (Å²) in [6.45, 7) is 2.94. The van der Waals surface area contributed by atoms with Crippen LogP contribution in [0.5, 0.6) is 11.5 Å². The lowest BCUT2D eigenvalue weighted by Gasteiger charge is -2.38. The van der Waals surface area contributed by atoms with Crippen LogP contribution in [0.25, 0.3) is 0 Å². The van der Waals surface area contributed by atoms with Gasteiger partial charge in [0, 0.05) is 27.6 Å². The van der Waals surface area contributed by atoms with Crippen molar-refractivity contribution in [2.75, 3.05) is 6.61 Å². The highest BCUT2D eigenvalue weighted by Gasteiger charge is 2.42. The molecule has 7 heteroatoms. The van der Waals surface area contributed by atoms with E-state index in [9.17, 15) is 0 Å². The van der Waals surface area contributed by atoms with Crippen molar-refractivity contribution in [2.24, 2.45) is 5.10 Å². The van der Waals surface area contributed by atoms with Gasteiger partial charge in [-0.2, -0.15) is 5.10 Å². The van der Waals surface area contributed by atoms with Crippen LogP contribution in [0.15, 0.2) is 65.8 Å². The average Bonchev–Trinajstić information content (AvgIpc) is 3.30. The minimum Gasteiger partial charge on any atom is -0.494 e. The first-order chi connectivity index (χ1) is 17.0. The van der Waals surface area contributed by atoms with E-state index in [0.717, 1.165) is 41.2 Å². The molecule has 0 radical (unpaired) electrons. The minimum atomic E-state index is -0.422. The summed E-state index contributed by atoms with van der Waals surface area (Å²) in [7, 11) is 0. The molecule has 182 valence electrons. The number of hydrazone groups is 1. The van der Waals surface area contributed by atoms with E-state index in [1.165, 1.54) is 19.3 Å². The van der Waals surface area contributed by atoms with Gasteiger partial charge in [0.25, 0.3) is 0 Å². The lowest BCUT2D eigenvalue weighted by Crippen LogP contribution is -2.33. The average molecular weight is 530 g/mol. The summed E-state index contributed by atoms with van der Waals surface area (Å²) in [5, 5.41) is 8.79. The first-order valence-corrected chi connectivity index (χ1v) is 13.2. The molecule has 3 aromatic carbocycles. The Morgan fingerprint density at radius 3 is 2.46 bits per heavy atom. The van der Waals surface area contributed by atoms with Crippen LogP contribution in [0.3, 0.4) is 0 Å². The van der Waals surface area contributed by atoms with E-state index < -0.39 is 6.23 Å². The lowest BCUT2D eigenvalue weighted by molar-refractivity contribution is -0.0189. The van der Waals surface area contributed by atoms with E-state index in [4.69, 9.17) is 49.4 Å². The van der Waals surface area contributed by atoms with Crippen molar-refractivity contribution in [3.8, 4) is 11.5 Å². The Balaban J connectivity index is 1.43. The molecule has 35 heavy (non-hydrogen) atoms. The van der Waals surface area contributed by atoms with E-state index in [-0.39, 0.29) is 6.04 Å². The van der Waals surface area contributed by atoms with Gasteiger partial charge in [-0.25, -0.2) is 5.01 Å². The van der Waals surface area contributed by atoms with Crippen molar-refractivity contribution >= 4 is 40.5 Å². The molecule has 4 nitrogen and oxygen atoms in total. The zero-order valence-corrected chi connectivity index (χ0v) is 21.8. The molecule has 2 heterocycles. The van der Waals surface area contributed by atoms with Crippen molar-refractivity contribution in [3.05, 3.63) is 92.4 Å². The number of hydrogen-bond acceptors (Lipinski definition) is 4. The fourth-order valence-electron chi connectivity index (χ4n) is 4.60. The van der Waals surface area contributed by atoms with Crippen LogP contribution in [0, 0.1) is 0 Å². The Morgan fingerprint density at radius 2 is 1.71 bits per heavy atom. The molecule has 3 aromatic rings. The summed E-state index contributed by atoms with van der Waals surface area (Å²) in [4.78, 5) is 0. The van der Waals surface area contributed by atoms with Crippen LogP contribution in [0.4, 0.5) is 0 Å². The highest BCUT2D eigenvalue weighted by molar-refractivity contribution is 6.35. The maximum Gasteiger partial charge on any atom is 0.213 e. The standard InChI is InChI=1S/C28H27Cl3N2O2/c1-2-3-4-5-14-34-22-12-8-19(9-13-22)28-33-26(23-15-21(30)16-24(31)27(23)35-28)17-25(32-33)18-6-10-20(29)11-7-18/h6-13,15-16,26,28H,2-5,14,17H2,1H3/t26-,28+/m0/s1. The SMILES string of the molecule is CCCCCCOc1ccc([C@H]2Oc3c(Cl)cc(Cl)cc3[C@@H]3CC(c4ccc(Cl)cc4)=NN23)cc1. The molecule has 5 rings (SSSR count). The molecule has 0 aliphatic carbocycles. The predicted octanol–water partition coefficient (Wildman–Crippen LogP) is 8.85. The molecule has 0 bridgehead atoms. The predicted molar refractivity (Wildman–Crippen MR) is 143 cm³/mol. The zero-order valence-electron chi connectivity index (χ0n) is 19.5. The van der Waals surface area contributed by atoms with E-state index in [1.54, 1.807) is 6.07 Å². The largest absolute Gasteiger partial charge is 0.494 e. The third-order valence-electron chi connectivity index (χ3n) is 6.42. The van der Waals surface area contributed by atoms with Gasteiger partial charge in [-0.15, -0.1) is 0 Å². The van der Waals surface area contributed by atoms with Gasteiger partial charge in [-0.05, 0) is 60.5 Å². The molecule has 0 spiro atoms. The Hall–Kier alpha value is -2.40. The van der Waals surface area contributed by atoms with E-state index in [2.05, 4.69) is 6.92 Å². The van der Waals surface area contributed by atoms with Crippen molar-refractivity contribution < 1.29 is 9.47 Å². The van der Waals surface area contributed by atoms with Crippen molar-refractivity contribution in [1.82, 2.24) is 5.01 Å². The topological polar surface area (TPSA) is 34.1 Å². The van der Waals surface area contributed by atoms with Gasteiger partial charge < -0.3 is 9.47 Å². The molecule has 0 saturated carbocycles. The quantitative estimate of drug-likeness (QED) is 0.273. The lowest BCUT2D eigenvalue weighted by atomic mass is 9.96. The molecule has 2 aliphatic heterocycles. The van der Waals surface area contributed by atoms with Crippen LogP contribution in [0.2, 0.25) is 15.1 Å². The van der Waals surface area contributed by atoms with E-state index >= 15 is 0 Å². The first kappa shape index (κ1) is 24.3. The summed E-state index contributed by atoms with van der Waals surface area (Å²) >= 11 is 19.0. The number of halogens is 3. The minimum absolute atomic E-state index is 0.0416.